The number of carbonyl (C=O) groups is 2. The fourth-order valence-electron chi connectivity index (χ4n) is 5.55. The third-order valence-electron chi connectivity index (χ3n) is 7.82. The lowest BCUT2D eigenvalue weighted by Crippen LogP contribution is -2.30. The summed E-state index contributed by atoms with van der Waals surface area (Å²) in [5, 5.41) is 11.3. The molecule has 3 aromatic carbocycles. The minimum Gasteiger partial charge on any atom is -0.494 e. The molecule has 6 rings (SSSR count). The van der Waals surface area contributed by atoms with Crippen LogP contribution in [0.2, 0.25) is 0 Å². The van der Waals surface area contributed by atoms with Gasteiger partial charge in [-0.3, -0.25) is 4.90 Å². The molecule has 0 radical (unpaired) electrons. The molecule has 1 N–H and O–H groups in total. The molecule has 4 aromatic rings. The number of esters is 2. The maximum absolute atomic E-state index is 11.1. The number of benzene rings is 3. The molecular formula is C34H35NO7S. The predicted molar refractivity (Wildman–Crippen MR) is 164 cm³/mol. The second-order valence-corrected chi connectivity index (χ2v) is 12.0. The Balaban J connectivity index is 1.06. The Hall–Kier alpha value is -3.92. The lowest BCUT2D eigenvalue weighted by atomic mass is 9.99. The summed E-state index contributed by atoms with van der Waals surface area (Å²) in [5.74, 6) is -2.86. The van der Waals surface area contributed by atoms with Crippen LogP contribution in [0.4, 0.5) is 0 Å². The number of hydrogen-bond donors (Lipinski definition) is 1. The van der Waals surface area contributed by atoms with E-state index in [-0.39, 0.29) is 6.42 Å². The third kappa shape index (κ3) is 7.18. The number of cyclic esters (lactones) is 2. The van der Waals surface area contributed by atoms with Crippen LogP contribution < -0.4 is 9.47 Å². The Morgan fingerprint density at radius 1 is 0.814 bits per heavy atom. The zero-order valence-electron chi connectivity index (χ0n) is 24.0. The van der Waals surface area contributed by atoms with Crippen molar-refractivity contribution in [2.75, 3.05) is 32.8 Å². The molecule has 0 amide bonds. The highest BCUT2D eigenvalue weighted by atomic mass is 32.1. The van der Waals surface area contributed by atoms with Gasteiger partial charge in [0, 0.05) is 16.1 Å². The first-order valence-corrected chi connectivity index (χ1v) is 15.6. The number of ether oxygens (including phenoxy) is 4. The molecular weight excluding hydrogens is 566 g/mol. The van der Waals surface area contributed by atoms with E-state index in [1.54, 1.807) is 11.3 Å². The second-order valence-electron chi connectivity index (χ2n) is 10.9. The number of rotatable bonds is 13. The van der Waals surface area contributed by atoms with Gasteiger partial charge in [0.2, 0.25) is 0 Å². The molecule has 0 saturated carbocycles. The van der Waals surface area contributed by atoms with Gasteiger partial charge in [0.1, 0.15) is 18.1 Å². The van der Waals surface area contributed by atoms with E-state index in [0.717, 1.165) is 36.6 Å². The van der Waals surface area contributed by atoms with Crippen molar-refractivity contribution in [1.29, 1.82) is 0 Å². The summed E-state index contributed by atoms with van der Waals surface area (Å²) >= 11 is 1.80. The Bertz CT molecular complexity index is 1540. The van der Waals surface area contributed by atoms with Gasteiger partial charge in [-0.15, -0.1) is 11.3 Å². The molecule has 43 heavy (non-hydrogen) atoms. The fraction of sp³-hybridized carbons (Fsp3) is 0.353. The Morgan fingerprint density at radius 2 is 1.47 bits per heavy atom. The minimum atomic E-state index is -2.17. The van der Waals surface area contributed by atoms with Gasteiger partial charge in [-0.1, -0.05) is 30.3 Å². The molecule has 2 aliphatic heterocycles. The number of hydrogen-bond acceptors (Lipinski definition) is 9. The number of aliphatic hydroxyl groups is 1. The molecule has 1 aromatic heterocycles. The Kier molecular flexibility index (Phi) is 8.92. The summed E-state index contributed by atoms with van der Waals surface area (Å²) < 4.78 is 22.3. The van der Waals surface area contributed by atoms with Crippen LogP contribution >= 0.6 is 11.3 Å². The molecule has 0 atom stereocenters. The fourth-order valence-corrected chi connectivity index (χ4v) is 6.78. The first-order chi connectivity index (χ1) is 21.0. The second kappa shape index (κ2) is 13.2. The lowest BCUT2D eigenvalue weighted by molar-refractivity contribution is -0.295. The van der Waals surface area contributed by atoms with Crippen molar-refractivity contribution in [1.82, 2.24) is 4.90 Å². The van der Waals surface area contributed by atoms with Crippen molar-refractivity contribution >= 4 is 33.4 Å². The summed E-state index contributed by atoms with van der Waals surface area (Å²) in [4.78, 5) is 26.0. The number of nitrogens with zero attached hydrogens (tertiary/aromatic N) is 1. The minimum absolute atomic E-state index is 0.00399. The van der Waals surface area contributed by atoms with Crippen LogP contribution in [-0.2, 0) is 25.5 Å². The van der Waals surface area contributed by atoms with E-state index in [1.807, 2.05) is 12.1 Å². The molecule has 0 unspecified atom stereocenters. The van der Waals surface area contributed by atoms with Gasteiger partial charge in [0.15, 0.2) is 0 Å². The van der Waals surface area contributed by atoms with Gasteiger partial charge < -0.3 is 24.1 Å². The van der Waals surface area contributed by atoms with Crippen LogP contribution in [0.1, 0.15) is 43.2 Å². The van der Waals surface area contributed by atoms with Crippen LogP contribution in [0.3, 0.4) is 0 Å². The SMILES string of the molecule is O=C1OC(O)(CCCCOc2ccc(-c3sc4ccccc4c3Cc3ccc(OCCN4CCCC4)cc3)cc2)OC1=O. The van der Waals surface area contributed by atoms with Crippen molar-refractivity contribution in [3.8, 4) is 21.9 Å². The smallest absolute Gasteiger partial charge is 0.422 e. The topological polar surface area (TPSA) is 94.5 Å². The van der Waals surface area contributed by atoms with Crippen LogP contribution in [0.25, 0.3) is 20.5 Å². The molecule has 3 heterocycles. The van der Waals surface area contributed by atoms with Crippen molar-refractivity contribution in [2.45, 2.75) is 44.5 Å². The predicted octanol–water partition coefficient (Wildman–Crippen LogP) is 5.93. The summed E-state index contributed by atoms with van der Waals surface area (Å²) in [6, 6.07) is 25.1. The third-order valence-corrected chi connectivity index (χ3v) is 9.08. The molecule has 0 bridgehead atoms. The first kappa shape index (κ1) is 29.2. The highest BCUT2D eigenvalue weighted by Gasteiger charge is 2.46. The average molecular weight is 602 g/mol. The maximum Gasteiger partial charge on any atom is 0.422 e. The largest absolute Gasteiger partial charge is 0.494 e. The number of fused-ring (bicyclic) bond motifs is 1. The van der Waals surface area contributed by atoms with Gasteiger partial charge in [0.05, 0.1) is 13.0 Å². The van der Waals surface area contributed by atoms with Crippen LogP contribution in [-0.4, -0.2) is 60.8 Å². The van der Waals surface area contributed by atoms with Gasteiger partial charge in [-0.2, -0.15) is 0 Å². The molecule has 9 heteroatoms. The zero-order chi connectivity index (χ0) is 29.6. The van der Waals surface area contributed by atoms with Gasteiger partial charge in [-0.05, 0) is 110 Å². The van der Waals surface area contributed by atoms with E-state index in [9.17, 15) is 14.7 Å². The van der Waals surface area contributed by atoms with E-state index < -0.39 is 17.9 Å². The van der Waals surface area contributed by atoms with E-state index in [1.165, 1.54) is 52.0 Å². The zero-order valence-corrected chi connectivity index (χ0v) is 24.8. The summed E-state index contributed by atoms with van der Waals surface area (Å²) in [6.07, 6.45) is 4.44. The van der Waals surface area contributed by atoms with Gasteiger partial charge >= 0.3 is 17.9 Å². The van der Waals surface area contributed by atoms with Crippen LogP contribution in [0.5, 0.6) is 11.5 Å². The van der Waals surface area contributed by atoms with E-state index in [4.69, 9.17) is 9.47 Å². The highest BCUT2D eigenvalue weighted by molar-refractivity contribution is 7.22. The number of unbranched alkanes of at least 4 members (excludes halogenated alkanes) is 1. The summed E-state index contributed by atoms with van der Waals surface area (Å²) in [5.41, 5.74) is 3.68. The Labute approximate surface area is 254 Å². The molecule has 224 valence electrons. The standard InChI is InChI=1S/C34H35NO7S/c36-32-33(37)42-34(38,41-32)17-3-6-21-39-27-15-11-25(12-16-27)31-29(28-7-1-2-8-30(28)43-31)23-24-9-13-26(14-10-24)40-22-20-35-18-4-5-19-35/h1-2,7-16,38H,3-6,17-23H2. The quantitative estimate of drug-likeness (QED) is 0.115. The molecule has 2 saturated heterocycles. The summed E-state index contributed by atoms with van der Waals surface area (Å²) in [7, 11) is 0. The van der Waals surface area contributed by atoms with Gasteiger partial charge in [-0.25, -0.2) is 9.59 Å². The Morgan fingerprint density at radius 3 is 2.19 bits per heavy atom. The number of carbonyl (C=O) groups excluding carboxylic acids is 2. The van der Waals surface area contributed by atoms with E-state index in [2.05, 4.69) is 75.0 Å². The average Bonchev–Trinajstić information content (AvgIpc) is 3.72. The van der Waals surface area contributed by atoms with Crippen LogP contribution in [0, 0.1) is 0 Å². The van der Waals surface area contributed by atoms with Crippen LogP contribution in [0.15, 0.2) is 72.8 Å². The normalized spacial score (nSPS) is 16.4. The van der Waals surface area contributed by atoms with E-state index >= 15 is 0 Å². The summed E-state index contributed by atoms with van der Waals surface area (Å²) in [6.45, 7) is 4.47. The molecule has 2 aliphatic rings. The van der Waals surface area contributed by atoms with Crippen molar-refractivity contribution in [2.24, 2.45) is 0 Å². The van der Waals surface area contributed by atoms with Crippen molar-refractivity contribution in [3.63, 3.8) is 0 Å². The highest BCUT2D eigenvalue weighted by Crippen LogP contribution is 2.40. The molecule has 0 aliphatic carbocycles. The number of likely N-dealkylation sites (tertiary alicyclic amines) is 1. The van der Waals surface area contributed by atoms with Crippen molar-refractivity contribution in [3.05, 3.63) is 83.9 Å². The first-order valence-electron chi connectivity index (χ1n) is 14.8. The van der Waals surface area contributed by atoms with E-state index in [0.29, 0.717) is 19.4 Å². The van der Waals surface area contributed by atoms with Gasteiger partial charge in [0.25, 0.3) is 0 Å². The maximum atomic E-state index is 11.1. The molecule has 0 spiro atoms. The molecule has 2 fully saturated rings. The lowest BCUT2D eigenvalue weighted by Gasteiger charge is -2.17. The molecule has 8 nitrogen and oxygen atoms in total. The van der Waals surface area contributed by atoms with Crippen molar-refractivity contribution < 1.29 is 33.6 Å². The number of thiophene rings is 1. The monoisotopic (exact) mass is 601 g/mol.